The molecule has 0 atom stereocenters. The summed E-state index contributed by atoms with van der Waals surface area (Å²) in [6, 6.07) is 11.4. The van der Waals surface area contributed by atoms with Crippen molar-refractivity contribution in [3.63, 3.8) is 0 Å². The van der Waals surface area contributed by atoms with E-state index in [1.54, 1.807) is 30.4 Å². The molecule has 2 aromatic carbocycles. The van der Waals surface area contributed by atoms with Crippen molar-refractivity contribution in [3.05, 3.63) is 57.1 Å². The third kappa shape index (κ3) is 3.90. The molecule has 0 spiro atoms. The van der Waals surface area contributed by atoms with Gasteiger partial charge in [-0.25, -0.2) is 9.78 Å². The number of rotatable bonds is 5. The van der Waals surface area contributed by atoms with Crippen LogP contribution in [0.5, 0.6) is 5.75 Å². The molecular weight excluding hydrogens is 456 g/mol. The van der Waals surface area contributed by atoms with Crippen molar-refractivity contribution < 1.29 is 19.1 Å². The van der Waals surface area contributed by atoms with Crippen LogP contribution in [0, 0.1) is 0 Å². The minimum Gasteiger partial charge on any atom is -0.462 e. The minimum atomic E-state index is -0.437. The van der Waals surface area contributed by atoms with Crippen LogP contribution in [0.15, 0.2) is 40.9 Å². The molecule has 0 aliphatic rings. The molecular formula is C21H17BrN2O4S. The zero-order valence-electron chi connectivity index (χ0n) is 15.7. The Morgan fingerprint density at radius 2 is 2.03 bits per heavy atom. The van der Waals surface area contributed by atoms with Crippen LogP contribution < -0.4 is 4.74 Å². The lowest BCUT2D eigenvalue weighted by molar-refractivity contribution is -0.131. The van der Waals surface area contributed by atoms with E-state index in [0.29, 0.717) is 33.3 Å². The molecule has 2 heterocycles. The van der Waals surface area contributed by atoms with E-state index in [4.69, 9.17) is 9.47 Å². The summed E-state index contributed by atoms with van der Waals surface area (Å²) in [6.07, 6.45) is 0.461. The summed E-state index contributed by atoms with van der Waals surface area (Å²) in [5, 5.41) is 1.53. The van der Waals surface area contributed by atoms with Crippen molar-refractivity contribution >= 4 is 60.3 Å². The minimum absolute atomic E-state index is 0.263. The molecule has 0 saturated carbocycles. The first-order valence-corrected chi connectivity index (χ1v) is 10.6. The van der Waals surface area contributed by atoms with Crippen molar-refractivity contribution in [2.24, 2.45) is 0 Å². The Hall–Kier alpha value is -2.71. The van der Waals surface area contributed by atoms with E-state index < -0.39 is 11.9 Å². The van der Waals surface area contributed by atoms with Crippen LogP contribution in [0.1, 0.15) is 34.9 Å². The maximum absolute atomic E-state index is 12.7. The number of para-hydroxylation sites is 1. The van der Waals surface area contributed by atoms with E-state index >= 15 is 0 Å². The fourth-order valence-electron chi connectivity index (χ4n) is 3.20. The summed E-state index contributed by atoms with van der Waals surface area (Å²) in [7, 11) is 0. The second-order valence-corrected chi connectivity index (χ2v) is 8.34. The van der Waals surface area contributed by atoms with Crippen LogP contribution in [-0.2, 0) is 16.0 Å². The molecule has 0 aliphatic carbocycles. The number of hydrogen-bond acceptors (Lipinski definition) is 6. The topological polar surface area (TPSA) is 81.3 Å². The molecule has 0 fully saturated rings. The van der Waals surface area contributed by atoms with Gasteiger partial charge in [0.15, 0.2) is 0 Å². The highest BCUT2D eigenvalue weighted by atomic mass is 79.9. The molecule has 0 amide bonds. The average Bonchev–Trinajstić information content (AvgIpc) is 3.22. The number of nitrogens with zero attached hydrogens (tertiary/aromatic N) is 1. The monoisotopic (exact) mass is 472 g/mol. The third-order valence-electron chi connectivity index (χ3n) is 4.33. The first-order chi connectivity index (χ1) is 14.0. The average molecular weight is 473 g/mol. The predicted molar refractivity (Wildman–Crippen MR) is 116 cm³/mol. The van der Waals surface area contributed by atoms with Gasteiger partial charge >= 0.3 is 11.9 Å². The lowest BCUT2D eigenvalue weighted by Crippen LogP contribution is -2.07. The third-order valence-corrected chi connectivity index (χ3v) is 5.98. The maximum Gasteiger partial charge on any atom is 0.340 e. The Kier molecular flexibility index (Phi) is 5.38. The molecule has 2 aromatic heterocycles. The number of fused-ring (bicyclic) bond motifs is 2. The number of benzene rings is 2. The quantitative estimate of drug-likeness (QED) is 0.317. The van der Waals surface area contributed by atoms with Crippen molar-refractivity contribution in [2.45, 2.75) is 20.3 Å². The molecule has 0 unspecified atom stereocenters. The molecule has 0 bridgehead atoms. The number of aromatic amines is 1. The Labute approximate surface area is 179 Å². The predicted octanol–water partition coefficient (Wildman–Crippen LogP) is 5.23. The van der Waals surface area contributed by atoms with E-state index in [2.05, 4.69) is 25.9 Å². The standard InChI is InChI=1S/C21H17BrN2O4S/c1-3-27-21(26)20-12-8-17(28-11(2)25)13(22)9-15(12)23-16(20)10-19-24-14-6-4-5-7-18(14)29-19/h4-9,23H,3,10H2,1-2H3. The molecule has 29 heavy (non-hydrogen) atoms. The van der Waals surface area contributed by atoms with Gasteiger partial charge in [0, 0.05) is 29.9 Å². The number of carbonyl (C=O) groups is 2. The Morgan fingerprint density at radius 3 is 2.76 bits per heavy atom. The highest BCUT2D eigenvalue weighted by Crippen LogP contribution is 2.35. The van der Waals surface area contributed by atoms with Gasteiger partial charge in [-0.3, -0.25) is 4.79 Å². The van der Waals surface area contributed by atoms with Crippen LogP contribution in [0.4, 0.5) is 0 Å². The zero-order chi connectivity index (χ0) is 20.5. The largest absolute Gasteiger partial charge is 0.462 e. The van der Waals surface area contributed by atoms with Gasteiger partial charge in [-0.15, -0.1) is 11.3 Å². The highest BCUT2D eigenvalue weighted by Gasteiger charge is 2.22. The van der Waals surface area contributed by atoms with Crippen LogP contribution in [-0.4, -0.2) is 28.5 Å². The summed E-state index contributed by atoms with van der Waals surface area (Å²) < 4.78 is 12.2. The summed E-state index contributed by atoms with van der Waals surface area (Å²) in [5.74, 6) is -0.514. The van der Waals surface area contributed by atoms with Gasteiger partial charge in [0.2, 0.25) is 0 Å². The van der Waals surface area contributed by atoms with E-state index in [1.807, 2.05) is 24.3 Å². The van der Waals surface area contributed by atoms with E-state index in [1.165, 1.54) is 6.92 Å². The van der Waals surface area contributed by atoms with Crippen LogP contribution in [0.25, 0.3) is 21.1 Å². The first kappa shape index (κ1) is 19.6. The number of hydrogen-bond donors (Lipinski definition) is 1. The molecule has 8 heteroatoms. The summed E-state index contributed by atoms with van der Waals surface area (Å²) in [6.45, 7) is 3.36. The number of nitrogens with one attached hydrogen (secondary N) is 1. The van der Waals surface area contributed by atoms with Gasteiger partial charge in [-0.1, -0.05) is 12.1 Å². The fraction of sp³-hybridized carbons (Fsp3) is 0.190. The second kappa shape index (κ2) is 7.96. The number of H-pyrrole nitrogens is 1. The van der Waals surface area contributed by atoms with Crippen LogP contribution >= 0.6 is 27.3 Å². The van der Waals surface area contributed by atoms with E-state index in [9.17, 15) is 9.59 Å². The van der Waals surface area contributed by atoms with Crippen molar-refractivity contribution in [2.75, 3.05) is 6.61 Å². The maximum atomic E-state index is 12.7. The van der Waals surface area contributed by atoms with Crippen molar-refractivity contribution in [3.8, 4) is 5.75 Å². The fourth-order valence-corrected chi connectivity index (χ4v) is 4.60. The smallest absolute Gasteiger partial charge is 0.340 e. The highest BCUT2D eigenvalue weighted by molar-refractivity contribution is 9.10. The first-order valence-electron chi connectivity index (χ1n) is 9.00. The number of halogens is 1. The zero-order valence-corrected chi connectivity index (χ0v) is 18.1. The van der Waals surface area contributed by atoms with Gasteiger partial charge in [-0.05, 0) is 47.1 Å². The van der Waals surface area contributed by atoms with Crippen molar-refractivity contribution in [1.29, 1.82) is 0 Å². The Balaban J connectivity index is 1.83. The van der Waals surface area contributed by atoms with Crippen LogP contribution in [0.3, 0.4) is 0 Å². The number of carbonyl (C=O) groups excluding carboxylic acids is 2. The number of thiazole rings is 1. The lowest BCUT2D eigenvalue weighted by atomic mass is 10.1. The summed E-state index contributed by atoms with van der Waals surface area (Å²) in [4.78, 5) is 32.1. The Morgan fingerprint density at radius 1 is 1.24 bits per heavy atom. The van der Waals surface area contributed by atoms with Gasteiger partial charge in [0.1, 0.15) is 5.75 Å². The molecule has 148 valence electrons. The molecule has 0 radical (unpaired) electrons. The van der Waals surface area contributed by atoms with Crippen molar-refractivity contribution in [1.82, 2.24) is 9.97 Å². The SMILES string of the molecule is CCOC(=O)c1c(Cc2nc3ccccc3s2)[nH]c2cc(Br)c(OC(C)=O)cc12. The van der Waals surface area contributed by atoms with Gasteiger partial charge < -0.3 is 14.5 Å². The molecule has 4 rings (SSSR count). The normalized spacial score (nSPS) is 11.1. The second-order valence-electron chi connectivity index (χ2n) is 6.37. The molecule has 1 N–H and O–H groups in total. The number of esters is 2. The van der Waals surface area contributed by atoms with Gasteiger partial charge in [-0.2, -0.15) is 0 Å². The van der Waals surface area contributed by atoms with Gasteiger partial charge in [0.25, 0.3) is 0 Å². The Bertz CT molecular complexity index is 1210. The molecule has 0 aliphatic heterocycles. The van der Waals surface area contributed by atoms with E-state index in [0.717, 1.165) is 20.7 Å². The molecule has 4 aromatic rings. The number of aromatic nitrogens is 2. The summed E-state index contributed by atoms with van der Waals surface area (Å²) in [5.41, 5.74) is 2.82. The molecule has 0 saturated heterocycles. The van der Waals surface area contributed by atoms with Crippen LogP contribution in [0.2, 0.25) is 0 Å². The summed E-state index contributed by atoms with van der Waals surface area (Å²) >= 11 is 5.00. The van der Waals surface area contributed by atoms with Gasteiger partial charge in [0.05, 0.1) is 31.9 Å². The van der Waals surface area contributed by atoms with E-state index in [-0.39, 0.29) is 6.61 Å². The molecule has 6 nitrogen and oxygen atoms in total. The number of ether oxygens (including phenoxy) is 2. The lowest BCUT2D eigenvalue weighted by Gasteiger charge is -2.06.